The van der Waals surface area contributed by atoms with Gasteiger partial charge in [0.2, 0.25) is 0 Å². The Morgan fingerprint density at radius 1 is 1.11 bits per heavy atom. The molecule has 0 unspecified atom stereocenters. The Kier molecular flexibility index (Phi) is 6.73. The molecular formula is C20H17ClN2O4S. The van der Waals surface area contributed by atoms with Gasteiger partial charge in [0.1, 0.15) is 5.75 Å². The standard InChI is InChI=1S/C20H17ClN2O4S/c21-15-8-6-14(7-9-15)12-17-19(25)23(20(26)28-17)11-10-22-18(24)13-27-16-4-2-1-3-5-16/h1-9,12H,10-11,13H2,(H,22,24)/b17-12-. The Hall–Kier alpha value is -2.77. The van der Waals surface area contributed by atoms with E-state index >= 15 is 0 Å². The van der Waals surface area contributed by atoms with Crippen molar-refractivity contribution in [2.45, 2.75) is 0 Å². The van der Waals surface area contributed by atoms with E-state index in [2.05, 4.69) is 5.32 Å². The molecule has 1 saturated heterocycles. The van der Waals surface area contributed by atoms with Crippen LogP contribution in [0.2, 0.25) is 5.02 Å². The maximum atomic E-state index is 12.4. The molecule has 1 aliphatic rings. The predicted molar refractivity (Wildman–Crippen MR) is 109 cm³/mol. The lowest BCUT2D eigenvalue weighted by Crippen LogP contribution is -2.38. The van der Waals surface area contributed by atoms with Crippen LogP contribution in [0.3, 0.4) is 0 Å². The topological polar surface area (TPSA) is 75.7 Å². The van der Waals surface area contributed by atoms with Crippen LogP contribution in [0.1, 0.15) is 5.56 Å². The first-order chi connectivity index (χ1) is 13.5. The average Bonchev–Trinajstić information content (AvgIpc) is 2.96. The zero-order chi connectivity index (χ0) is 19.9. The average molecular weight is 417 g/mol. The fourth-order valence-electron chi connectivity index (χ4n) is 2.43. The van der Waals surface area contributed by atoms with Gasteiger partial charge in [-0.2, -0.15) is 0 Å². The van der Waals surface area contributed by atoms with Crippen LogP contribution in [0.4, 0.5) is 4.79 Å². The number of carbonyl (C=O) groups excluding carboxylic acids is 3. The van der Waals surface area contributed by atoms with E-state index in [4.69, 9.17) is 16.3 Å². The highest BCUT2D eigenvalue weighted by Gasteiger charge is 2.34. The first-order valence-corrected chi connectivity index (χ1v) is 9.68. The number of rotatable bonds is 7. The number of nitrogens with one attached hydrogen (secondary N) is 1. The van der Waals surface area contributed by atoms with Crippen molar-refractivity contribution in [2.24, 2.45) is 0 Å². The van der Waals surface area contributed by atoms with E-state index in [1.54, 1.807) is 42.5 Å². The normalized spacial score (nSPS) is 15.2. The smallest absolute Gasteiger partial charge is 0.293 e. The second-order valence-corrected chi connectivity index (χ2v) is 7.27. The van der Waals surface area contributed by atoms with E-state index in [1.807, 2.05) is 18.2 Å². The second kappa shape index (κ2) is 9.43. The number of hydrogen-bond donors (Lipinski definition) is 1. The van der Waals surface area contributed by atoms with Crippen LogP contribution in [0.5, 0.6) is 5.75 Å². The predicted octanol–water partition coefficient (Wildman–Crippen LogP) is 3.57. The molecule has 8 heteroatoms. The molecule has 0 aromatic heterocycles. The van der Waals surface area contributed by atoms with Gasteiger partial charge in [0.25, 0.3) is 17.1 Å². The maximum absolute atomic E-state index is 12.4. The summed E-state index contributed by atoms with van der Waals surface area (Å²) in [7, 11) is 0. The first-order valence-electron chi connectivity index (χ1n) is 8.48. The molecule has 0 bridgehead atoms. The monoisotopic (exact) mass is 416 g/mol. The SMILES string of the molecule is O=C(COc1ccccc1)NCCN1C(=O)S/C(=C\c2ccc(Cl)cc2)C1=O. The Balaban J connectivity index is 1.48. The Morgan fingerprint density at radius 2 is 1.82 bits per heavy atom. The number of hydrogen-bond acceptors (Lipinski definition) is 5. The van der Waals surface area contributed by atoms with Crippen molar-refractivity contribution in [3.63, 3.8) is 0 Å². The molecule has 144 valence electrons. The minimum atomic E-state index is -0.375. The van der Waals surface area contributed by atoms with Crippen molar-refractivity contribution >= 4 is 46.5 Å². The van der Waals surface area contributed by atoms with Crippen molar-refractivity contribution in [1.29, 1.82) is 0 Å². The summed E-state index contributed by atoms with van der Waals surface area (Å²) in [4.78, 5) is 37.8. The lowest BCUT2D eigenvalue weighted by Gasteiger charge is -2.13. The van der Waals surface area contributed by atoms with Crippen LogP contribution in [-0.4, -0.2) is 41.6 Å². The van der Waals surface area contributed by atoms with Gasteiger partial charge in [-0.15, -0.1) is 0 Å². The number of amides is 3. The van der Waals surface area contributed by atoms with Crippen LogP contribution >= 0.6 is 23.4 Å². The number of benzene rings is 2. The molecule has 1 aliphatic heterocycles. The molecule has 28 heavy (non-hydrogen) atoms. The van der Waals surface area contributed by atoms with Crippen molar-refractivity contribution < 1.29 is 19.1 Å². The van der Waals surface area contributed by atoms with Crippen molar-refractivity contribution in [3.8, 4) is 5.75 Å². The van der Waals surface area contributed by atoms with Gasteiger partial charge in [-0.3, -0.25) is 19.3 Å². The fraction of sp³-hybridized carbons (Fsp3) is 0.150. The molecule has 0 aliphatic carbocycles. The first kappa shape index (κ1) is 20.0. The number of thioether (sulfide) groups is 1. The van der Waals surface area contributed by atoms with E-state index in [0.717, 1.165) is 22.2 Å². The van der Waals surface area contributed by atoms with Gasteiger partial charge in [0.05, 0.1) is 4.91 Å². The minimum Gasteiger partial charge on any atom is -0.484 e. The number of imide groups is 1. The summed E-state index contributed by atoms with van der Waals surface area (Å²) in [6, 6.07) is 15.9. The van der Waals surface area contributed by atoms with E-state index in [9.17, 15) is 14.4 Å². The van der Waals surface area contributed by atoms with Gasteiger partial charge >= 0.3 is 0 Å². The third kappa shape index (κ3) is 5.37. The number of carbonyl (C=O) groups is 3. The van der Waals surface area contributed by atoms with Crippen molar-refractivity contribution in [1.82, 2.24) is 10.2 Å². The van der Waals surface area contributed by atoms with E-state index < -0.39 is 0 Å². The van der Waals surface area contributed by atoms with E-state index in [0.29, 0.717) is 15.7 Å². The Labute approximate surface area is 171 Å². The van der Waals surface area contributed by atoms with Gasteiger partial charge < -0.3 is 10.1 Å². The molecule has 1 N–H and O–H groups in total. The van der Waals surface area contributed by atoms with Gasteiger partial charge in [0.15, 0.2) is 6.61 Å². The summed E-state index contributed by atoms with van der Waals surface area (Å²) in [6.07, 6.45) is 1.65. The highest BCUT2D eigenvalue weighted by atomic mass is 35.5. The lowest BCUT2D eigenvalue weighted by molar-refractivity contribution is -0.125. The Bertz CT molecular complexity index is 900. The highest BCUT2D eigenvalue weighted by molar-refractivity contribution is 8.18. The van der Waals surface area contributed by atoms with Gasteiger partial charge in [-0.1, -0.05) is 41.9 Å². The molecule has 2 aromatic rings. The Morgan fingerprint density at radius 3 is 2.54 bits per heavy atom. The minimum absolute atomic E-state index is 0.0969. The zero-order valence-electron chi connectivity index (χ0n) is 14.8. The summed E-state index contributed by atoms with van der Waals surface area (Å²) >= 11 is 6.72. The highest BCUT2D eigenvalue weighted by Crippen LogP contribution is 2.32. The number of halogens is 1. The molecule has 0 saturated carbocycles. The molecule has 3 rings (SSSR count). The lowest BCUT2D eigenvalue weighted by atomic mass is 10.2. The summed E-state index contributed by atoms with van der Waals surface area (Å²) in [5.41, 5.74) is 0.779. The van der Waals surface area contributed by atoms with Crippen LogP contribution in [0.15, 0.2) is 59.5 Å². The van der Waals surface area contributed by atoms with Crippen molar-refractivity contribution in [3.05, 3.63) is 70.1 Å². The maximum Gasteiger partial charge on any atom is 0.293 e. The largest absolute Gasteiger partial charge is 0.484 e. The van der Waals surface area contributed by atoms with Crippen LogP contribution in [0.25, 0.3) is 6.08 Å². The van der Waals surface area contributed by atoms with Crippen LogP contribution in [-0.2, 0) is 9.59 Å². The molecule has 0 spiro atoms. The third-order valence-corrected chi connectivity index (χ3v) is 4.97. The molecule has 0 radical (unpaired) electrons. The quantitative estimate of drug-likeness (QED) is 0.698. The summed E-state index contributed by atoms with van der Waals surface area (Å²) in [5.74, 6) is -0.108. The molecule has 1 heterocycles. The molecule has 3 amide bonds. The van der Waals surface area contributed by atoms with Gasteiger partial charge in [0, 0.05) is 18.1 Å². The number of para-hydroxylation sites is 1. The van der Waals surface area contributed by atoms with Gasteiger partial charge in [-0.05, 0) is 47.7 Å². The number of ether oxygens (including phenoxy) is 1. The molecule has 6 nitrogen and oxygen atoms in total. The molecule has 1 fully saturated rings. The van der Waals surface area contributed by atoms with Crippen molar-refractivity contribution in [2.75, 3.05) is 19.7 Å². The molecular weight excluding hydrogens is 400 g/mol. The van der Waals surface area contributed by atoms with E-state index in [1.165, 1.54) is 0 Å². The van der Waals surface area contributed by atoms with Crippen LogP contribution in [0, 0.1) is 0 Å². The number of nitrogens with zero attached hydrogens (tertiary/aromatic N) is 1. The molecule has 0 atom stereocenters. The van der Waals surface area contributed by atoms with Crippen LogP contribution < -0.4 is 10.1 Å². The third-order valence-electron chi connectivity index (χ3n) is 3.81. The molecule has 2 aromatic carbocycles. The van der Waals surface area contributed by atoms with E-state index in [-0.39, 0.29) is 36.7 Å². The summed E-state index contributed by atoms with van der Waals surface area (Å²) < 4.78 is 5.34. The second-order valence-electron chi connectivity index (χ2n) is 5.84. The van der Waals surface area contributed by atoms with Gasteiger partial charge in [-0.25, -0.2) is 0 Å². The fourth-order valence-corrected chi connectivity index (χ4v) is 3.42. The summed E-state index contributed by atoms with van der Waals surface area (Å²) in [5, 5.41) is 2.87. The summed E-state index contributed by atoms with van der Waals surface area (Å²) in [6.45, 7) is 0.116. The zero-order valence-corrected chi connectivity index (χ0v) is 16.3.